The Hall–Kier alpha value is -2.36. The van der Waals surface area contributed by atoms with Crippen LogP contribution in [0.3, 0.4) is 0 Å². The molecule has 0 N–H and O–H groups in total. The Morgan fingerprint density at radius 1 is 1.05 bits per heavy atom. The lowest BCUT2D eigenvalue weighted by Crippen LogP contribution is -2.48. The van der Waals surface area contributed by atoms with Gasteiger partial charge in [-0.2, -0.15) is 0 Å². The summed E-state index contributed by atoms with van der Waals surface area (Å²) in [6.45, 7) is 5.23. The molecule has 108 valence electrons. The van der Waals surface area contributed by atoms with Gasteiger partial charge in [0.15, 0.2) is 0 Å². The van der Waals surface area contributed by atoms with Gasteiger partial charge in [-0.1, -0.05) is 17.7 Å². The van der Waals surface area contributed by atoms with Crippen molar-refractivity contribution in [3.8, 4) is 0 Å². The largest absolute Gasteiger partial charge is 0.367 e. The summed E-state index contributed by atoms with van der Waals surface area (Å²) in [5.74, 6) is 0.126. The third-order valence-electron chi connectivity index (χ3n) is 3.88. The van der Waals surface area contributed by atoms with E-state index in [2.05, 4.69) is 16.0 Å². The van der Waals surface area contributed by atoms with E-state index >= 15 is 0 Å². The van der Waals surface area contributed by atoms with E-state index in [1.807, 2.05) is 48.4 Å². The smallest absolute Gasteiger partial charge is 0.253 e. The second kappa shape index (κ2) is 5.95. The first kappa shape index (κ1) is 13.6. The van der Waals surface area contributed by atoms with Crippen LogP contribution in [0, 0.1) is 6.92 Å². The molecule has 1 aliphatic rings. The molecular formula is C17H19N3O. The SMILES string of the molecule is Cc1ccc(C(=O)N2CCN(c3cccnc3)CC2)cc1. The Bertz CT molecular complexity index is 602. The fraction of sp³-hybridized carbons (Fsp3) is 0.294. The first-order valence-corrected chi connectivity index (χ1v) is 7.25. The summed E-state index contributed by atoms with van der Waals surface area (Å²) in [7, 11) is 0. The van der Waals surface area contributed by atoms with E-state index in [0.717, 1.165) is 37.4 Å². The number of hydrogen-bond donors (Lipinski definition) is 0. The highest BCUT2D eigenvalue weighted by atomic mass is 16.2. The fourth-order valence-electron chi connectivity index (χ4n) is 2.59. The van der Waals surface area contributed by atoms with Crippen molar-refractivity contribution in [2.75, 3.05) is 31.1 Å². The zero-order valence-electron chi connectivity index (χ0n) is 12.2. The van der Waals surface area contributed by atoms with Crippen LogP contribution in [-0.2, 0) is 0 Å². The molecule has 1 fully saturated rings. The minimum Gasteiger partial charge on any atom is -0.367 e. The number of aromatic nitrogens is 1. The van der Waals surface area contributed by atoms with Gasteiger partial charge in [-0.15, -0.1) is 0 Å². The molecule has 2 aromatic rings. The number of nitrogens with zero attached hydrogens (tertiary/aromatic N) is 3. The maximum atomic E-state index is 12.4. The zero-order valence-corrected chi connectivity index (χ0v) is 12.2. The van der Waals surface area contributed by atoms with Crippen LogP contribution in [0.2, 0.25) is 0 Å². The van der Waals surface area contributed by atoms with Gasteiger partial charge < -0.3 is 9.80 Å². The lowest BCUT2D eigenvalue weighted by atomic mass is 10.1. The van der Waals surface area contributed by atoms with Crippen LogP contribution in [0.5, 0.6) is 0 Å². The van der Waals surface area contributed by atoms with Crippen LogP contribution in [0.4, 0.5) is 5.69 Å². The first-order valence-electron chi connectivity index (χ1n) is 7.25. The van der Waals surface area contributed by atoms with E-state index in [1.54, 1.807) is 6.20 Å². The van der Waals surface area contributed by atoms with Crippen LogP contribution in [0.15, 0.2) is 48.8 Å². The van der Waals surface area contributed by atoms with E-state index in [1.165, 1.54) is 5.56 Å². The van der Waals surface area contributed by atoms with Crippen molar-refractivity contribution in [1.82, 2.24) is 9.88 Å². The molecule has 2 heterocycles. The Labute approximate surface area is 125 Å². The topological polar surface area (TPSA) is 36.4 Å². The van der Waals surface area contributed by atoms with Crippen molar-refractivity contribution >= 4 is 11.6 Å². The highest BCUT2D eigenvalue weighted by molar-refractivity contribution is 5.94. The highest BCUT2D eigenvalue weighted by Gasteiger charge is 2.22. The third kappa shape index (κ3) is 3.05. The quantitative estimate of drug-likeness (QED) is 0.848. The van der Waals surface area contributed by atoms with Gasteiger partial charge in [0.25, 0.3) is 5.91 Å². The molecule has 0 radical (unpaired) electrons. The number of amides is 1. The molecular weight excluding hydrogens is 262 g/mol. The molecule has 0 spiro atoms. The Kier molecular flexibility index (Phi) is 3.86. The van der Waals surface area contributed by atoms with Gasteiger partial charge in [-0.25, -0.2) is 0 Å². The summed E-state index contributed by atoms with van der Waals surface area (Å²) >= 11 is 0. The molecule has 4 heteroatoms. The summed E-state index contributed by atoms with van der Waals surface area (Å²) in [4.78, 5) is 20.8. The number of pyridine rings is 1. The second-order valence-electron chi connectivity index (χ2n) is 5.36. The number of hydrogen-bond acceptors (Lipinski definition) is 3. The molecule has 1 aliphatic heterocycles. The summed E-state index contributed by atoms with van der Waals surface area (Å²) in [6.07, 6.45) is 3.65. The van der Waals surface area contributed by atoms with Gasteiger partial charge in [-0.05, 0) is 31.2 Å². The Morgan fingerprint density at radius 2 is 1.76 bits per heavy atom. The van der Waals surface area contributed by atoms with Crippen molar-refractivity contribution < 1.29 is 4.79 Å². The lowest BCUT2D eigenvalue weighted by Gasteiger charge is -2.36. The molecule has 0 saturated carbocycles. The fourth-order valence-corrected chi connectivity index (χ4v) is 2.59. The second-order valence-corrected chi connectivity index (χ2v) is 5.36. The summed E-state index contributed by atoms with van der Waals surface area (Å²) in [5.41, 5.74) is 3.07. The van der Waals surface area contributed by atoms with Crippen LogP contribution in [0.1, 0.15) is 15.9 Å². The standard InChI is InChI=1S/C17H19N3O/c1-14-4-6-15(7-5-14)17(21)20-11-9-19(10-12-20)16-3-2-8-18-13-16/h2-8,13H,9-12H2,1H3. The average molecular weight is 281 g/mol. The maximum absolute atomic E-state index is 12.4. The van der Waals surface area contributed by atoms with Crippen LogP contribution < -0.4 is 4.90 Å². The molecule has 3 rings (SSSR count). The van der Waals surface area contributed by atoms with Gasteiger partial charge in [0.1, 0.15) is 0 Å². The predicted octanol–water partition coefficient (Wildman–Crippen LogP) is 2.35. The van der Waals surface area contributed by atoms with E-state index in [-0.39, 0.29) is 5.91 Å². The highest BCUT2D eigenvalue weighted by Crippen LogP contribution is 2.16. The maximum Gasteiger partial charge on any atom is 0.253 e. The van der Waals surface area contributed by atoms with Crippen molar-refractivity contribution in [3.05, 3.63) is 59.9 Å². The first-order chi connectivity index (χ1) is 10.2. The van der Waals surface area contributed by atoms with E-state index in [9.17, 15) is 4.79 Å². The molecule has 0 atom stereocenters. The van der Waals surface area contributed by atoms with Gasteiger partial charge in [0.2, 0.25) is 0 Å². The normalized spacial score (nSPS) is 15.1. The van der Waals surface area contributed by atoms with Crippen LogP contribution in [-0.4, -0.2) is 42.0 Å². The molecule has 1 amide bonds. The van der Waals surface area contributed by atoms with Crippen LogP contribution in [0.25, 0.3) is 0 Å². The Morgan fingerprint density at radius 3 is 2.38 bits per heavy atom. The molecule has 4 nitrogen and oxygen atoms in total. The molecule has 0 unspecified atom stereocenters. The summed E-state index contributed by atoms with van der Waals surface area (Å²) < 4.78 is 0. The van der Waals surface area contributed by atoms with Gasteiger partial charge in [0, 0.05) is 37.9 Å². The number of aryl methyl sites for hydroxylation is 1. The molecule has 1 aromatic carbocycles. The van der Waals surface area contributed by atoms with Crippen molar-refractivity contribution in [3.63, 3.8) is 0 Å². The van der Waals surface area contributed by atoms with E-state index in [4.69, 9.17) is 0 Å². The summed E-state index contributed by atoms with van der Waals surface area (Å²) in [6, 6.07) is 11.8. The van der Waals surface area contributed by atoms with Crippen molar-refractivity contribution in [2.45, 2.75) is 6.92 Å². The molecule has 21 heavy (non-hydrogen) atoms. The monoisotopic (exact) mass is 281 g/mol. The lowest BCUT2D eigenvalue weighted by molar-refractivity contribution is 0.0747. The number of anilines is 1. The number of piperazine rings is 1. The van der Waals surface area contributed by atoms with Gasteiger partial charge in [-0.3, -0.25) is 9.78 Å². The molecule has 0 bridgehead atoms. The number of carbonyl (C=O) groups is 1. The van der Waals surface area contributed by atoms with Crippen molar-refractivity contribution in [2.24, 2.45) is 0 Å². The van der Waals surface area contributed by atoms with E-state index in [0.29, 0.717) is 0 Å². The zero-order chi connectivity index (χ0) is 14.7. The predicted molar refractivity (Wildman–Crippen MR) is 83.5 cm³/mol. The molecule has 1 aromatic heterocycles. The number of rotatable bonds is 2. The molecule has 1 saturated heterocycles. The van der Waals surface area contributed by atoms with Gasteiger partial charge in [0.05, 0.1) is 11.9 Å². The van der Waals surface area contributed by atoms with Crippen LogP contribution >= 0.6 is 0 Å². The summed E-state index contributed by atoms with van der Waals surface area (Å²) in [5, 5.41) is 0. The van der Waals surface area contributed by atoms with Crippen molar-refractivity contribution in [1.29, 1.82) is 0 Å². The van der Waals surface area contributed by atoms with Gasteiger partial charge >= 0.3 is 0 Å². The molecule has 0 aliphatic carbocycles. The number of carbonyl (C=O) groups excluding carboxylic acids is 1. The van der Waals surface area contributed by atoms with E-state index < -0.39 is 0 Å². The Balaban J connectivity index is 1.63. The average Bonchev–Trinajstić information content (AvgIpc) is 2.56. The minimum atomic E-state index is 0.126. The minimum absolute atomic E-state index is 0.126. The number of benzene rings is 1. The third-order valence-corrected chi connectivity index (χ3v) is 3.88.